The largest absolute Gasteiger partial charge is 0.374 e. The molecule has 0 aromatic heterocycles. The Kier molecular flexibility index (Phi) is 4.71. The summed E-state index contributed by atoms with van der Waals surface area (Å²) in [7, 11) is -3.29. The smallest absolute Gasteiger partial charge is 0.215 e. The fourth-order valence-corrected chi connectivity index (χ4v) is 2.99. The molecular formula is C12H18N2O3S. The Bertz CT molecular complexity index is 455. The molecule has 1 heterocycles. The fourth-order valence-electron chi connectivity index (χ4n) is 1.82. The minimum Gasteiger partial charge on any atom is -0.374 e. The van der Waals surface area contributed by atoms with Gasteiger partial charge in [0, 0.05) is 19.6 Å². The van der Waals surface area contributed by atoms with Crippen LogP contribution in [0.15, 0.2) is 30.3 Å². The average molecular weight is 270 g/mol. The molecule has 0 saturated carbocycles. The van der Waals surface area contributed by atoms with E-state index in [4.69, 9.17) is 4.74 Å². The minimum atomic E-state index is -3.29. The highest BCUT2D eigenvalue weighted by molar-refractivity contribution is 7.88. The molecule has 2 rings (SSSR count). The van der Waals surface area contributed by atoms with Crippen LogP contribution in [0, 0.1) is 0 Å². The summed E-state index contributed by atoms with van der Waals surface area (Å²) in [6.07, 6.45) is -0.0794. The van der Waals surface area contributed by atoms with Gasteiger partial charge >= 0.3 is 0 Å². The van der Waals surface area contributed by atoms with E-state index >= 15 is 0 Å². The summed E-state index contributed by atoms with van der Waals surface area (Å²) >= 11 is 0. The van der Waals surface area contributed by atoms with Crippen molar-refractivity contribution < 1.29 is 13.2 Å². The second kappa shape index (κ2) is 6.29. The molecule has 1 aliphatic heterocycles. The van der Waals surface area contributed by atoms with Crippen LogP contribution in [0.5, 0.6) is 0 Å². The van der Waals surface area contributed by atoms with Crippen molar-refractivity contribution in [3.63, 3.8) is 0 Å². The maximum atomic E-state index is 11.9. The molecule has 100 valence electrons. The van der Waals surface area contributed by atoms with Gasteiger partial charge in [-0.15, -0.1) is 0 Å². The molecule has 1 aliphatic rings. The first kappa shape index (κ1) is 13.5. The van der Waals surface area contributed by atoms with Gasteiger partial charge in [-0.2, -0.15) is 0 Å². The maximum Gasteiger partial charge on any atom is 0.215 e. The standard InChI is InChI=1S/C12H18N2O3S/c15-18(16,10-11-4-2-1-3-5-11)14-9-12-8-13-6-7-17-12/h1-5,12-14H,6-10H2. The number of ether oxygens (including phenoxy) is 1. The number of nitrogens with one attached hydrogen (secondary N) is 2. The molecule has 6 heteroatoms. The lowest BCUT2D eigenvalue weighted by Gasteiger charge is -2.23. The second-order valence-electron chi connectivity index (χ2n) is 4.29. The van der Waals surface area contributed by atoms with Crippen molar-refractivity contribution in [1.29, 1.82) is 0 Å². The number of morpholine rings is 1. The minimum absolute atomic E-state index is 0.00793. The van der Waals surface area contributed by atoms with Crippen molar-refractivity contribution in [1.82, 2.24) is 10.0 Å². The van der Waals surface area contributed by atoms with E-state index in [9.17, 15) is 8.42 Å². The van der Waals surface area contributed by atoms with Crippen LogP contribution in [0.1, 0.15) is 5.56 Å². The van der Waals surface area contributed by atoms with Crippen molar-refractivity contribution >= 4 is 10.0 Å². The Balaban J connectivity index is 1.83. The third-order valence-electron chi connectivity index (χ3n) is 2.73. The zero-order chi connectivity index (χ0) is 12.8. The molecule has 0 spiro atoms. The Morgan fingerprint density at radius 1 is 1.33 bits per heavy atom. The van der Waals surface area contributed by atoms with Crippen LogP contribution in [-0.4, -0.2) is 40.8 Å². The van der Waals surface area contributed by atoms with Gasteiger partial charge in [-0.1, -0.05) is 30.3 Å². The third-order valence-corrected chi connectivity index (χ3v) is 4.05. The molecule has 18 heavy (non-hydrogen) atoms. The summed E-state index contributed by atoms with van der Waals surface area (Å²) in [5.74, 6) is 0.00793. The molecule has 1 aromatic rings. The Morgan fingerprint density at radius 2 is 2.11 bits per heavy atom. The molecule has 1 fully saturated rings. The van der Waals surface area contributed by atoms with E-state index in [2.05, 4.69) is 10.0 Å². The molecule has 1 aromatic carbocycles. The summed E-state index contributed by atoms with van der Waals surface area (Å²) in [4.78, 5) is 0. The van der Waals surface area contributed by atoms with E-state index in [1.54, 1.807) is 12.1 Å². The molecule has 0 aliphatic carbocycles. The quantitative estimate of drug-likeness (QED) is 0.796. The third kappa shape index (κ3) is 4.38. The predicted molar refractivity (Wildman–Crippen MR) is 69.7 cm³/mol. The van der Waals surface area contributed by atoms with Crippen molar-refractivity contribution in [3.05, 3.63) is 35.9 Å². The number of rotatable bonds is 5. The number of benzene rings is 1. The van der Waals surface area contributed by atoms with Crippen LogP contribution in [0.2, 0.25) is 0 Å². The van der Waals surface area contributed by atoms with Crippen molar-refractivity contribution in [3.8, 4) is 0 Å². The van der Waals surface area contributed by atoms with E-state index in [1.807, 2.05) is 18.2 Å². The van der Waals surface area contributed by atoms with Gasteiger partial charge in [-0.05, 0) is 5.56 Å². The predicted octanol–water partition coefficient (Wildman–Crippen LogP) is 0.0944. The van der Waals surface area contributed by atoms with E-state index < -0.39 is 10.0 Å². The summed E-state index contributed by atoms with van der Waals surface area (Å²) in [5.41, 5.74) is 0.785. The average Bonchev–Trinajstić information content (AvgIpc) is 2.38. The van der Waals surface area contributed by atoms with Crippen LogP contribution in [-0.2, 0) is 20.5 Å². The van der Waals surface area contributed by atoms with E-state index in [1.165, 1.54) is 0 Å². The number of sulfonamides is 1. The number of hydrogen-bond donors (Lipinski definition) is 2. The Hall–Kier alpha value is -0.950. The van der Waals surface area contributed by atoms with Gasteiger partial charge in [-0.25, -0.2) is 13.1 Å². The lowest BCUT2D eigenvalue weighted by Crippen LogP contribution is -2.45. The van der Waals surface area contributed by atoms with E-state index in [-0.39, 0.29) is 11.9 Å². The summed E-state index contributed by atoms with van der Waals surface area (Å²) in [6, 6.07) is 9.14. The first-order valence-corrected chi connectivity index (χ1v) is 7.64. The first-order chi connectivity index (χ1) is 8.66. The molecule has 1 atom stereocenters. The number of hydrogen-bond acceptors (Lipinski definition) is 4. The van der Waals surface area contributed by atoms with Crippen molar-refractivity contribution in [2.75, 3.05) is 26.2 Å². The lowest BCUT2D eigenvalue weighted by atomic mass is 10.2. The molecule has 1 unspecified atom stereocenters. The zero-order valence-corrected chi connectivity index (χ0v) is 10.9. The van der Waals surface area contributed by atoms with Gasteiger partial charge in [0.2, 0.25) is 10.0 Å². The van der Waals surface area contributed by atoms with Gasteiger partial charge in [0.1, 0.15) is 0 Å². The SMILES string of the molecule is O=S(=O)(Cc1ccccc1)NCC1CNCCO1. The Morgan fingerprint density at radius 3 is 2.78 bits per heavy atom. The van der Waals surface area contributed by atoms with Crippen LogP contribution in [0.25, 0.3) is 0 Å². The summed E-state index contributed by atoms with van der Waals surface area (Å²) in [6.45, 7) is 2.47. The van der Waals surface area contributed by atoms with Crippen LogP contribution in [0.4, 0.5) is 0 Å². The zero-order valence-electron chi connectivity index (χ0n) is 10.1. The molecule has 0 bridgehead atoms. The van der Waals surface area contributed by atoms with Gasteiger partial charge in [0.05, 0.1) is 18.5 Å². The van der Waals surface area contributed by atoms with Crippen LogP contribution in [0.3, 0.4) is 0 Å². The monoisotopic (exact) mass is 270 g/mol. The normalized spacial score (nSPS) is 20.8. The summed E-state index contributed by atoms with van der Waals surface area (Å²) < 4.78 is 31.7. The highest BCUT2D eigenvalue weighted by atomic mass is 32.2. The molecular weight excluding hydrogens is 252 g/mol. The van der Waals surface area contributed by atoms with Crippen molar-refractivity contribution in [2.45, 2.75) is 11.9 Å². The molecule has 1 saturated heterocycles. The van der Waals surface area contributed by atoms with Crippen LogP contribution >= 0.6 is 0 Å². The van der Waals surface area contributed by atoms with E-state index in [0.717, 1.165) is 12.1 Å². The molecule has 0 amide bonds. The topological polar surface area (TPSA) is 67.4 Å². The highest BCUT2D eigenvalue weighted by Gasteiger charge is 2.17. The molecule has 5 nitrogen and oxygen atoms in total. The summed E-state index contributed by atoms with van der Waals surface area (Å²) in [5, 5.41) is 3.16. The molecule has 2 N–H and O–H groups in total. The van der Waals surface area contributed by atoms with Crippen LogP contribution < -0.4 is 10.0 Å². The van der Waals surface area contributed by atoms with E-state index in [0.29, 0.717) is 19.7 Å². The van der Waals surface area contributed by atoms with Gasteiger partial charge in [0.25, 0.3) is 0 Å². The first-order valence-electron chi connectivity index (χ1n) is 5.99. The lowest BCUT2D eigenvalue weighted by molar-refractivity contribution is 0.0324. The highest BCUT2D eigenvalue weighted by Crippen LogP contribution is 2.04. The fraction of sp³-hybridized carbons (Fsp3) is 0.500. The van der Waals surface area contributed by atoms with Gasteiger partial charge in [-0.3, -0.25) is 0 Å². The maximum absolute atomic E-state index is 11.9. The van der Waals surface area contributed by atoms with Gasteiger partial charge < -0.3 is 10.1 Å². The Labute approximate surface area is 108 Å². The molecule has 0 radical (unpaired) electrons. The van der Waals surface area contributed by atoms with Crippen molar-refractivity contribution in [2.24, 2.45) is 0 Å². The van der Waals surface area contributed by atoms with Gasteiger partial charge in [0.15, 0.2) is 0 Å². The second-order valence-corrected chi connectivity index (χ2v) is 6.10.